The molecule has 2 aromatic carbocycles. The fourth-order valence-electron chi connectivity index (χ4n) is 2.22. The zero-order chi connectivity index (χ0) is 16.4. The normalized spacial score (nSPS) is 11.5. The van der Waals surface area contributed by atoms with Crippen LogP contribution in [-0.4, -0.2) is 9.97 Å². The van der Waals surface area contributed by atoms with E-state index in [1.54, 1.807) is 12.1 Å². The molecule has 6 heteroatoms. The molecule has 0 aliphatic rings. The summed E-state index contributed by atoms with van der Waals surface area (Å²) in [5.41, 5.74) is 0.334. The average molecular weight is 335 g/mol. The smallest absolute Gasteiger partial charge is 0.228 e. The Hall–Kier alpha value is -2.40. The lowest BCUT2D eigenvalue weighted by Crippen LogP contribution is -2.08. The van der Waals surface area contributed by atoms with Crippen LogP contribution in [0.5, 0.6) is 0 Å². The molecule has 0 aliphatic carbocycles. The first-order valence-electron chi connectivity index (χ1n) is 6.72. The van der Waals surface area contributed by atoms with Gasteiger partial charge in [0.2, 0.25) is 0 Å². The van der Waals surface area contributed by atoms with E-state index in [4.69, 9.17) is 11.6 Å². The molecule has 116 valence electrons. The van der Waals surface area contributed by atoms with Gasteiger partial charge in [0.15, 0.2) is 5.82 Å². The van der Waals surface area contributed by atoms with Crippen LogP contribution in [0.1, 0.15) is 5.56 Å². The Morgan fingerprint density at radius 3 is 2.17 bits per heavy atom. The summed E-state index contributed by atoms with van der Waals surface area (Å²) in [6.07, 6.45) is -4.49. The Bertz CT molecular complexity index is 833. The fourth-order valence-corrected chi connectivity index (χ4v) is 2.40. The maximum absolute atomic E-state index is 13.2. The Balaban J connectivity index is 2.18. The van der Waals surface area contributed by atoms with Crippen molar-refractivity contribution in [1.82, 2.24) is 9.97 Å². The molecule has 3 aromatic rings. The number of hydrogen-bond donors (Lipinski definition) is 0. The van der Waals surface area contributed by atoms with Crippen LogP contribution in [0.15, 0.2) is 60.7 Å². The molecule has 0 saturated heterocycles. The third-order valence-electron chi connectivity index (χ3n) is 3.24. The van der Waals surface area contributed by atoms with Gasteiger partial charge in [-0.15, -0.1) is 0 Å². The summed E-state index contributed by atoms with van der Waals surface area (Å²) in [6.45, 7) is 0. The van der Waals surface area contributed by atoms with Crippen molar-refractivity contribution in [2.45, 2.75) is 6.18 Å². The van der Waals surface area contributed by atoms with E-state index in [0.717, 1.165) is 11.6 Å². The van der Waals surface area contributed by atoms with E-state index in [0.29, 0.717) is 5.69 Å². The highest BCUT2D eigenvalue weighted by atomic mass is 35.5. The number of hydrogen-bond acceptors (Lipinski definition) is 2. The summed E-state index contributed by atoms with van der Waals surface area (Å²) in [7, 11) is 0. The highest BCUT2D eigenvalue weighted by Gasteiger charge is 2.34. The number of alkyl halides is 3. The SMILES string of the molecule is FC(F)(F)c1ccccc1-c1nc(Cl)cc(-c2ccccc2)n1. The monoisotopic (exact) mass is 334 g/mol. The van der Waals surface area contributed by atoms with E-state index in [2.05, 4.69) is 9.97 Å². The molecule has 0 amide bonds. The largest absolute Gasteiger partial charge is 0.417 e. The second kappa shape index (κ2) is 6.01. The van der Waals surface area contributed by atoms with Crippen LogP contribution < -0.4 is 0 Å². The van der Waals surface area contributed by atoms with E-state index < -0.39 is 11.7 Å². The van der Waals surface area contributed by atoms with Crippen molar-refractivity contribution in [3.05, 3.63) is 71.4 Å². The van der Waals surface area contributed by atoms with Gasteiger partial charge in [-0.2, -0.15) is 13.2 Å². The summed E-state index contributed by atoms with van der Waals surface area (Å²) >= 11 is 5.98. The third kappa shape index (κ3) is 3.35. The molecule has 2 nitrogen and oxygen atoms in total. The molecule has 0 unspecified atom stereocenters. The maximum atomic E-state index is 13.2. The van der Waals surface area contributed by atoms with Gasteiger partial charge < -0.3 is 0 Å². The predicted octanol–water partition coefficient (Wildman–Crippen LogP) is 5.48. The van der Waals surface area contributed by atoms with E-state index in [-0.39, 0.29) is 16.5 Å². The molecule has 0 bridgehead atoms. The van der Waals surface area contributed by atoms with Crippen LogP contribution >= 0.6 is 11.6 Å². The van der Waals surface area contributed by atoms with E-state index in [1.165, 1.54) is 24.3 Å². The molecule has 0 spiro atoms. The van der Waals surface area contributed by atoms with E-state index >= 15 is 0 Å². The van der Waals surface area contributed by atoms with Crippen molar-refractivity contribution in [1.29, 1.82) is 0 Å². The Morgan fingerprint density at radius 1 is 0.826 bits per heavy atom. The molecule has 3 rings (SSSR count). The molecule has 0 saturated carbocycles. The van der Waals surface area contributed by atoms with Gasteiger partial charge in [-0.3, -0.25) is 0 Å². The van der Waals surface area contributed by atoms with E-state index in [1.807, 2.05) is 18.2 Å². The Labute approximate surface area is 135 Å². The summed E-state index contributed by atoms with van der Waals surface area (Å²) in [5.74, 6) is -0.0516. The molecule has 0 radical (unpaired) electrons. The predicted molar refractivity (Wildman–Crippen MR) is 82.9 cm³/mol. The molecule has 0 N–H and O–H groups in total. The third-order valence-corrected chi connectivity index (χ3v) is 3.43. The first-order chi connectivity index (χ1) is 10.9. The minimum atomic E-state index is -4.49. The number of halogens is 4. The Kier molecular flexibility index (Phi) is 4.05. The summed E-state index contributed by atoms with van der Waals surface area (Å²) < 4.78 is 39.5. The van der Waals surface area contributed by atoms with Crippen LogP contribution in [0.2, 0.25) is 5.15 Å². The van der Waals surface area contributed by atoms with E-state index in [9.17, 15) is 13.2 Å². The summed E-state index contributed by atoms with van der Waals surface area (Å²) in [4.78, 5) is 8.21. The molecule has 1 heterocycles. The van der Waals surface area contributed by atoms with Crippen LogP contribution in [0.4, 0.5) is 13.2 Å². The first kappa shape index (κ1) is 15.5. The van der Waals surface area contributed by atoms with Gasteiger partial charge in [-0.05, 0) is 6.07 Å². The first-order valence-corrected chi connectivity index (χ1v) is 7.09. The lowest BCUT2D eigenvalue weighted by molar-refractivity contribution is -0.137. The van der Waals surface area contributed by atoms with Crippen molar-refractivity contribution < 1.29 is 13.2 Å². The molecular weight excluding hydrogens is 325 g/mol. The zero-order valence-corrected chi connectivity index (χ0v) is 12.4. The molecule has 0 fully saturated rings. The van der Waals surface area contributed by atoms with Crippen LogP contribution in [-0.2, 0) is 6.18 Å². The van der Waals surface area contributed by atoms with Gasteiger partial charge in [0, 0.05) is 17.2 Å². The average Bonchev–Trinajstić information content (AvgIpc) is 2.54. The quantitative estimate of drug-likeness (QED) is 0.580. The highest BCUT2D eigenvalue weighted by molar-refractivity contribution is 6.29. The zero-order valence-electron chi connectivity index (χ0n) is 11.7. The number of aromatic nitrogens is 2. The minimum Gasteiger partial charge on any atom is -0.228 e. The van der Waals surface area contributed by atoms with Gasteiger partial charge >= 0.3 is 6.18 Å². The topological polar surface area (TPSA) is 25.8 Å². The van der Waals surface area contributed by atoms with Crippen molar-refractivity contribution in [3.8, 4) is 22.6 Å². The second-order valence-electron chi connectivity index (χ2n) is 4.81. The van der Waals surface area contributed by atoms with Crippen molar-refractivity contribution >= 4 is 11.6 Å². The number of nitrogens with zero attached hydrogens (tertiary/aromatic N) is 2. The maximum Gasteiger partial charge on any atom is 0.417 e. The number of benzene rings is 2. The van der Waals surface area contributed by atoms with Gasteiger partial charge in [-0.25, -0.2) is 9.97 Å². The van der Waals surface area contributed by atoms with Crippen molar-refractivity contribution in [2.75, 3.05) is 0 Å². The fraction of sp³-hybridized carbons (Fsp3) is 0.0588. The lowest BCUT2D eigenvalue weighted by Gasteiger charge is -2.12. The van der Waals surface area contributed by atoms with Gasteiger partial charge in [0.05, 0.1) is 11.3 Å². The van der Waals surface area contributed by atoms with Crippen LogP contribution in [0.3, 0.4) is 0 Å². The van der Waals surface area contributed by atoms with Crippen molar-refractivity contribution in [2.24, 2.45) is 0 Å². The number of rotatable bonds is 2. The standard InChI is InChI=1S/C17H10ClF3N2/c18-15-10-14(11-6-2-1-3-7-11)22-16(23-15)12-8-4-5-9-13(12)17(19,20)21/h1-10H. The minimum absolute atomic E-state index is 0.0516. The molecular formula is C17H10ClF3N2. The molecule has 0 aliphatic heterocycles. The van der Waals surface area contributed by atoms with Crippen LogP contribution in [0.25, 0.3) is 22.6 Å². The van der Waals surface area contributed by atoms with Gasteiger partial charge in [0.25, 0.3) is 0 Å². The second-order valence-corrected chi connectivity index (χ2v) is 5.20. The highest BCUT2D eigenvalue weighted by Crippen LogP contribution is 2.36. The lowest BCUT2D eigenvalue weighted by atomic mass is 10.1. The Morgan fingerprint density at radius 2 is 1.48 bits per heavy atom. The summed E-state index contributed by atoms with van der Waals surface area (Å²) in [6, 6.07) is 15.8. The molecule has 1 aromatic heterocycles. The molecule has 23 heavy (non-hydrogen) atoms. The molecule has 0 atom stereocenters. The summed E-state index contributed by atoms with van der Waals surface area (Å²) in [5, 5.41) is 0.0887. The van der Waals surface area contributed by atoms with Crippen molar-refractivity contribution in [3.63, 3.8) is 0 Å². The van der Waals surface area contributed by atoms with Gasteiger partial charge in [0.1, 0.15) is 5.15 Å². The van der Waals surface area contributed by atoms with Gasteiger partial charge in [-0.1, -0.05) is 60.1 Å². The van der Waals surface area contributed by atoms with Crippen LogP contribution in [0, 0.1) is 0 Å².